The van der Waals surface area contributed by atoms with Crippen molar-refractivity contribution in [2.75, 3.05) is 7.11 Å². The molecule has 2 aliphatic carbocycles. The van der Waals surface area contributed by atoms with Gasteiger partial charge in [0.15, 0.2) is 23.1 Å². The molecule has 3 aliphatic rings. The molecule has 0 saturated heterocycles. The second kappa shape index (κ2) is 9.93. The highest BCUT2D eigenvalue weighted by Crippen LogP contribution is 2.50. The molecule has 0 N–H and O–H groups in total. The topological polar surface area (TPSA) is 102 Å². The normalized spacial score (nSPS) is 17.9. The van der Waals surface area contributed by atoms with Gasteiger partial charge in [0.25, 0.3) is 0 Å². The Morgan fingerprint density at radius 2 is 1.61 bits per heavy atom. The van der Waals surface area contributed by atoms with Crippen LogP contribution in [0.15, 0.2) is 63.5 Å². The van der Waals surface area contributed by atoms with E-state index in [0.717, 1.165) is 24.0 Å². The Labute approximate surface area is 216 Å². The first-order valence-corrected chi connectivity index (χ1v) is 12.7. The zero-order valence-electron chi connectivity index (χ0n) is 19.7. The van der Waals surface area contributed by atoms with Gasteiger partial charge in [0.1, 0.15) is 18.1 Å². The largest absolute Gasteiger partial charge is 0.545 e. The lowest BCUT2D eigenvalue weighted by Crippen LogP contribution is -2.30. The summed E-state index contributed by atoms with van der Waals surface area (Å²) in [5, 5.41) is 11.0. The number of benzene rings is 2. The number of hydrogen-bond acceptors (Lipinski definition) is 7. The van der Waals surface area contributed by atoms with Crippen LogP contribution in [0.5, 0.6) is 11.5 Å². The van der Waals surface area contributed by atoms with Gasteiger partial charge in [-0.05, 0) is 57.6 Å². The highest BCUT2D eigenvalue weighted by Gasteiger charge is 2.42. The van der Waals surface area contributed by atoms with E-state index in [9.17, 15) is 19.5 Å². The van der Waals surface area contributed by atoms with E-state index < -0.39 is 11.9 Å². The quantitative estimate of drug-likeness (QED) is 0.519. The molecule has 0 amide bonds. The predicted octanol–water partition coefficient (Wildman–Crippen LogP) is 4.53. The minimum Gasteiger partial charge on any atom is -0.545 e. The van der Waals surface area contributed by atoms with Gasteiger partial charge in [-0.3, -0.25) is 9.59 Å². The maximum atomic E-state index is 13.0. The molecule has 5 rings (SSSR count). The molecule has 0 fully saturated rings. The summed E-state index contributed by atoms with van der Waals surface area (Å²) >= 11 is 3.59. The number of carboxylic acids is 1. The molecular weight excluding hydrogens is 528 g/mol. The number of methoxy groups -OCH3 is 1. The highest BCUT2D eigenvalue weighted by molar-refractivity contribution is 9.10. The highest BCUT2D eigenvalue weighted by atomic mass is 79.9. The summed E-state index contributed by atoms with van der Waals surface area (Å²) in [6, 6.07) is 9.93. The molecule has 1 heterocycles. The van der Waals surface area contributed by atoms with Crippen molar-refractivity contribution >= 4 is 33.5 Å². The standard InChI is InChI=1S/C28H25BrO7/c1-34-23-13-17(12-18(29)27(23)35-14-15-8-10-16(11-9-15)28(32)33)24-25-19(30)4-2-6-21(25)36-22-7-3-5-20(31)26(22)24/h8-13,24H,2-7,14H2,1H3,(H,32,33)/p-1. The first-order chi connectivity index (χ1) is 17.4. The maximum Gasteiger partial charge on any atom is 0.175 e. The van der Waals surface area contributed by atoms with E-state index in [-0.39, 0.29) is 23.7 Å². The lowest BCUT2D eigenvalue weighted by Gasteiger charge is -2.36. The van der Waals surface area contributed by atoms with Gasteiger partial charge in [-0.2, -0.15) is 0 Å². The molecule has 0 aromatic heterocycles. The summed E-state index contributed by atoms with van der Waals surface area (Å²) in [5.74, 6) is 0.572. The molecule has 0 unspecified atom stereocenters. The average molecular weight is 552 g/mol. The fourth-order valence-corrected chi connectivity index (χ4v) is 5.66. The Bertz CT molecular complexity index is 1280. The smallest absolute Gasteiger partial charge is 0.175 e. The fourth-order valence-electron chi connectivity index (χ4n) is 5.09. The Morgan fingerprint density at radius 1 is 1.00 bits per heavy atom. The minimum atomic E-state index is -1.24. The van der Waals surface area contributed by atoms with Crippen LogP contribution in [0.25, 0.3) is 0 Å². The van der Waals surface area contributed by atoms with Gasteiger partial charge in [0.2, 0.25) is 0 Å². The van der Waals surface area contributed by atoms with Crippen molar-refractivity contribution < 1.29 is 33.7 Å². The van der Waals surface area contributed by atoms with Crippen LogP contribution in [0.2, 0.25) is 0 Å². The van der Waals surface area contributed by atoms with Gasteiger partial charge in [0.05, 0.1) is 17.6 Å². The first kappa shape index (κ1) is 24.3. The number of Topliss-reactive ketones (excluding diaryl/α,β-unsaturated/α-hetero) is 2. The van der Waals surface area contributed by atoms with E-state index >= 15 is 0 Å². The van der Waals surface area contributed by atoms with Crippen LogP contribution in [0.3, 0.4) is 0 Å². The van der Waals surface area contributed by atoms with E-state index in [1.807, 2.05) is 12.1 Å². The molecule has 36 heavy (non-hydrogen) atoms. The second-order valence-corrected chi connectivity index (χ2v) is 9.92. The zero-order chi connectivity index (χ0) is 25.4. The van der Waals surface area contributed by atoms with Crippen molar-refractivity contribution in [2.45, 2.75) is 51.0 Å². The number of hydrogen-bond donors (Lipinski definition) is 0. The Hall–Kier alpha value is -3.39. The Kier molecular flexibility index (Phi) is 6.71. The van der Waals surface area contributed by atoms with E-state index in [4.69, 9.17) is 14.2 Å². The summed E-state index contributed by atoms with van der Waals surface area (Å²) in [4.78, 5) is 37.1. The summed E-state index contributed by atoms with van der Waals surface area (Å²) in [7, 11) is 1.53. The number of ether oxygens (including phenoxy) is 3. The molecule has 186 valence electrons. The maximum absolute atomic E-state index is 13.0. The van der Waals surface area contributed by atoms with Gasteiger partial charge in [-0.1, -0.05) is 24.3 Å². The third-order valence-electron chi connectivity index (χ3n) is 6.80. The SMILES string of the molecule is COc1cc(C2C3=C(CCCC3=O)OC3=C2C(=O)CCC3)cc(Br)c1OCc1ccc(C(=O)[O-])cc1. The van der Waals surface area contributed by atoms with Crippen LogP contribution >= 0.6 is 15.9 Å². The number of rotatable bonds is 6. The summed E-state index contributed by atoms with van der Waals surface area (Å²) in [6.45, 7) is 0.181. The fraction of sp³-hybridized carbons (Fsp3) is 0.321. The molecule has 0 atom stereocenters. The Balaban J connectivity index is 1.51. The van der Waals surface area contributed by atoms with Crippen molar-refractivity contribution in [2.24, 2.45) is 0 Å². The number of aromatic carboxylic acids is 1. The van der Waals surface area contributed by atoms with Crippen molar-refractivity contribution in [3.05, 3.63) is 80.2 Å². The van der Waals surface area contributed by atoms with Gasteiger partial charge < -0.3 is 24.1 Å². The number of halogens is 1. The monoisotopic (exact) mass is 551 g/mol. The number of carbonyl (C=O) groups is 3. The number of ketones is 2. The van der Waals surface area contributed by atoms with Crippen molar-refractivity contribution in [1.82, 2.24) is 0 Å². The van der Waals surface area contributed by atoms with Crippen molar-refractivity contribution in [1.29, 1.82) is 0 Å². The number of carbonyl (C=O) groups excluding carboxylic acids is 3. The van der Waals surface area contributed by atoms with E-state index in [1.165, 1.54) is 19.2 Å². The van der Waals surface area contributed by atoms with E-state index in [2.05, 4.69) is 15.9 Å². The van der Waals surface area contributed by atoms with Crippen LogP contribution < -0.4 is 14.6 Å². The average Bonchev–Trinajstić information content (AvgIpc) is 2.87. The summed E-state index contributed by atoms with van der Waals surface area (Å²) in [5.41, 5.74) is 2.78. The van der Waals surface area contributed by atoms with Gasteiger partial charge in [-0.15, -0.1) is 0 Å². The first-order valence-electron chi connectivity index (χ1n) is 11.9. The van der Waals surface area contributed by atoms with Gasteiger partial charge in [0, 0.05) is 42.7 Å². The molecular formula is C28H24BrO7-. The van der Waals surface area contributed by atoms with Gasteiger partial charge in [-0.25, -0.2) is 0 Å². The predicted molar refractivity (Wildman–Crippen MR) is 131 cm³/mol. The Morgan fingerprint density at radius 3 is 2.17 bits per heavy atom. The van der Waals surface area contributed by atoms with E-state index in [0.29, 0.717) is 64.3 Å². The van der Waals surface area contributed by atoms with Crippen LogP contribution in [0, 0.1) is 0 Å². The van der Waals surface area contributed by atoms with Gasteiger partial charge >= 0.3 is 0 Å². The molecule has 2 aromatic carbocycles. The lowest BCUT2D eigenvalue weighted by atomic mass is 9.73. The molecule has 2 aromatic rings. The molecule has 7 nitrogen and oxygen atoms in total. The molecule has 1 aliphatic heterocycles. The van der Waals surface area contributed by atoms with Crippen LogP contribution in [-0.4, -0.2) is 24.6 Å². The molecule has 8 heteroatoms. The summed E-state index contributed by atoms with van der Waals surface area (Å²) in [6.07, 6.45) is 3.71. The lowest BCUT2D eigenvalue weighted by molar-refractivity contribution is -0.255. The number of allylic oxidation sites excluding steroid dienone is 4. The molecule has 0 spiro atoms. The van der Waals surface area contributed by atoms with Crippen molar-refractivity contribution in [3.63, 3.8) is 0 Å². The van der Waals surface area contributed by atoms with E-state index in [1.54, 1.807) is 12.1 Å². The third kappa shape index (κ3) is 4.46. The minimum absolute atomic E-state index is 0.0154. The van der Waals surface area contributed by atoms with Crippen molar-refractivity contribution in [3.8, 4) is 11.5 Å². The molecule has 0 bridgehead atoms. The van der Waals surface area contributed by atoms with Crippen LogP contribution in [-0.2, 0) is 20.9 Å². The number of carboxylic acid groups (broad SMARTS) is 1. The zero-order valence-corrected chi connectivity index (χ0v) is 21.3. The second-order valence-electron chi connectivity index (χ2n) is 9.07. The third-order valence-corrected chi connectivity index (χ3v) is 7.39. The molecule has 0 radical (unpaired) electrons. The summed E-state index contributed by atoms with van der Waals surface area (Å²) < 4.78 is 18.4. The van der Waals surface area contributed by atoms with Crippen LogP contribution in [0.4, 0.5) is 0 Å². The van der Waals surface area contributed by atoms with Crippen LogP contribution in [0.1, 0.15) is 65.9 Å². The molecule has 0 saturated carbocycles.